The van der Waals surface area contributed by atoms with Crippen molar-refractivity contribution in [2.45, 2.75) is 57.8 Å². The highest BCUT2D eigenvalue weighted by atomic mass is 32.2. The van der Waals surface area contributed by atoms with Gasteiger partial charge in [-0.05, 0) is 12.1 Å². The monoisotopic (exact) mass is 361 g/mol. The van der Waals surface area contributed by atoms with Gasteiger partial charge in [-0.15, -0.1) is 0 Å². The van der Waals surface area contributed by atoms with Crippen molar-refractivity contribution in [3.63, 3.8) is 0 Å². The molecule has 0 bridgehead atoms. The molecule has 0 unspecified atom stereocenters. The second-order valence-corrected chi connectivity index (χ2v) is 9.85. The minimum absolute atomic E-state index is 0.0576. The standard InChI is InChI=1S/C20H27NO3S/c1-18(2,3)16(22)11-15-20(24,12-17(23)19(4,5)6)25-14-10-8-7-9-13(14)21-15/h7-11,21,24H,12H2,1-6H3/t20-/m1/s1. The molecule has 136 valence electrons. The van der Waals surface area contributed by atoms with Crippen molar-refractivity contribution in [2.24, 2.45) is 10.8 Å². The molecule has 4 nitrogen and oxygen atoms in total. The van der Waals surface area contributed by atoms with E-state index in [0.717, 1.165) is 10.6 Å². The summed E-state index contributed by atoms with van der Waals surface area (Å²) in [5.74, 6) is -0.158. The van der Waals surface area contributed by atoms with Crippen molar-refractivity contribution in [2.75, 3.05) is 5.32 Å². The Bertz CT molecular complexity index is 725. The van der Waals surface area contributed by atoms with Crippen molar-refractivity contribution >= 4 is 29.0 Å². The molecule has 1 atom stereocenters. The molecule has 0 saturated carbocycles. The molecule has 0 saturated heterocycles. The van der Waals surface area contributed by atoms with Crippen LogP contribution >= 0.6 is 11.8 Å². The molecule has 1 aromatic rings. The second-order valence-electron chi connectivity index (χ2n) is 8.53. The number of allylic oxidation sites excluding steroid dienone is 1. The summed E-state index contributed by atoms with van der Waals surface area (Å²) in [6.45, 7) is 11.0. The molecular weight excluding hydrogens is 334 g/mol. The Hall–Kier alpha value is -1.59. The zero-order valence-corrected chi connectivity index (χ0v) is 16.6. The van der Waals surface area contributed by atoms with Gasteiger partial charge in [0.15, 0.2) is 10.7 Å². The first-order chi connectivity index (χ1) is 11.3. The van der Waals surface area contributed by atoms with Crippen molar-refractivity contribution < 1.29 is 14.7 Å². The van der Waals surface area contributed by atoms with E-state index in [9.17, 15) is 14.7 Å². The van der Waals surface area contributed by atoms with Crippen LogP contribution in [0.15, 0.2) is 40.9 Å². The largest absolute Gasteiger partial charge is 0.373 e. The zero-order valence-electron chi connectivity index (χ0n) is 15.8. The normalized spacial score (nSPS) is 22.3. The van der Waals surface area contributed by atoms with E-state index in [1.807, 2.05) is 65.8 Å². The van der Waals surface area contributed by atoms with E-state index in [1.54, 1.807) is 0 Å². The lowest BCUT2D eigenvalue weighted by molar-refractivity contribution is -0.128. The van der Waals surface area contributed by atoms with Crippen LogP contribution in [0.4, 0.5) is 5.69 Å². The van der Waals surface area contributed by atoms with E-state index < -0.39 is 15.8 Å². The molecule has 0 radical (unpaired) electrons. The topological polar surface area (TPSA) is 66.4 Å². The van der Waals surface area contributed by atoms with Crippen LogP contribution in [0.2, 0.25) is 0 Å². The van der Waals surface area contributed by atoms with Crippen molar-refractivity contribution in [3.05, 3.63) is 36.0 Å². The van der Waals surface area contributed by atoms with E-state index in [-0.39, 0.29) is 18.0 Å². The lowest BCUT2D eigenvalue weighted by Crippen LogP contribution is -2.40. The van der Waals surface area contributed by atoms with E-state index in [1.165, 1.54) is 17.8 Å². The average Bonchev–Trinajstić information content (AvgIpc) is 2.45. The third kappa shape index (κ3) is 4.53. The fourth-order valence-electron chi connectivity index (χ4n) is 2.25. The van der Waals surface area contributed by atoms with Crippen LogP contribution in [0, 0.1) is 10.8 Å². The predicted octanol–water partition coefficient (Wildman–Crippen LogP) is 4.40. The molecule has 1 aromatic carbocycles. The number of carbonyl (C=O) groups is 2. The van der Waals surface area contributed by atoms with Crippen LogP contribution in [-0.2, 0) is 9.59 Å². The SMILES string of the molecule is CC(C)(C)C(=O)C=C1Nc2ccccc2S[C@]1(O)CC(=O)C(C)(C)C. The fraction of sp³-hybridized carbons (Fsp3) is 0.500. The average molecular weight is 362 g/mol. The van der Waals surface area contributed by atoms with Crippen molar-refractivity contribution in [3.8, 4) is 0 Å². The molecule has 2 rings (SSSR count). The second kappa shape index (κ2) is 6.61. The van der Waals surface area contributed by atoms with Gasteiger partial charge in [0, 0.05) is 21.8 Å². The Balaban J connectivity index is 2.47. The maximum atomic E-state index is 12.6. The Morgan fingerprint density at radius 2 is 1.72 bits per heavy atom. The smallest absolute Gasteiger partial charge is 0.162 e. The molecule has 0 amide bonds. The Morgan fingerprint density at radius 1 is 1.12 bits per heavy atom. The van der Waals surface area contributed by atoms with E-state index >= 15 is 0 Å². The number of thioether (sulfide) groups is 1. The minimum atomic E-state index is -1.49. The van der Waals surface area contributed by atoms with Crippen LogP contribution < -0.4 is 5.32 Å². The van der Waals surface area contributed by atoms with Gasteiger partial charge in [-0.2, -0.15) is 0 Å². The molecule has 1 aliphatic rings. The van der Waals surface area contributed by atoms with E-state index in [2.05, 4.69) is 5.32 Å². The van der Waals surface area contributed by atoms with Crippen LogP contribution in [-0.4, -0.2) is 21.6 Å². The molecule has 5 heteroatoms. The zero-order chi connectivity index (χ0) is 19.0. The lowest BCUT2D eigenvalue weighted by Gasteiger charge is -2.37. The van der Waals surface area contributed by atoms with Crippen LogP contribution in [0.1, 0.15) is 48.0 Å². The summed E-state index contributed by atoms with van der Waals surface area (Å²) in [4.78, 5) is 24.4. The third-order valence-electron chi connectivity index (χ3n) is 4.11. The Kier molecular flexibility index (Phi) is 5.22. The van der Waals surface area contributed by atoms with Gasteiger partial charge in [-0.1, -0.05) is 65.4 Å². The minimum Gasteiger partial charge on any atom is -0.373 e. The lowest BCUT2D eigenvalue weighted by atomic mass is 9.86. The Labute approximate surface area is 154 Å². The molecule has 1 heterocycles. The van der Waals surface area contributed by atoms with Gasteiger partial charge in [0.05, 0.1) is 17.8 Å². The summed E-state index contributed by atoms with van der Waals surface area (Å²) in [6.07, 6.45) is 1.38. The van der Waals surface area contributed by atoms with Crippen molar-refractivity contribution in [1.82, 2.24) is 0 Å². The number of anilines is 1. The number of carbonyl (C=O) groups excluding carboxylic acids is 2. The molecule has 2 N–H and O–H groups in total. The maximum Gasteiger partial charge on any atom is 0.162 e. The molecule has 0 fully saturated rings. The summed E-state index contributed by atoms with van der Waals surface area (Å²) >= 11 is 1.22. The summed E-state index contributed by atoms with van der Waals surface area (Å²) in [7, 11) is 0. The summed E-state index contributed by atoms with van der Waals surface area (Å²) in [6, 6.07) is 7.56. The number of Topliss-reactive ketones (excluding diaryl/α,β-unsaturated/α-hetero) is 1. The highest BCUT2D eigenvalue weighted by Crippen LogP contribution is 2.48. The number of hydrogen-bond donors (Lipinski definition) is 2. The number of nitrogens with one attached hydrogen (secondary N) is 1. The van der Waals surface area contributed by atoms with Crippen LogP contribution in [0.3, 0.4) is 0 Å². The van der Waals surface area contributed by atoms with Gasteiger partial charge in [0.1, 0.15) is 5.78 Å². The van der Waals surface area contributed by atoms with Gasteiger partial charge >= 0.3 is 0 Å². The first-order valence-electron chi connectivity index (χ1n) is 8.40. The number of rotatable bonds is 3. The number of fused-ring (bicyclic) bond motifs is 1. The van der Waals surface area contributed by atoms with Gasteiger partial charge in [0.25, 0.3) is 0 Å². The number of aliphatic hydroxyl groups is 1. The molecule has 25 heavy (non-hydrogen) atoms. The quantitative estimate of drug-likeness (QED) is 0.781. The third-order valence-corrected chi connectivity index (χ3v) is 5.39. The molecular formula is C20H27NO3S. The van der Waals surface area contributed by atoms with Crippen molar-refractivity contribution in [1.29, 1.82) is 0 Å². The number of ketones is 2. The highest BCUT2D eigenvalue weighted by Gasteiger charge is 2.42. The first kappa shape index (κ1) is 19.7. The fourth-order valence-corrected chi connectivity index (χ4v) is 3.41. The van der Waals surface area contributed by atoms with Gasteiger partial charge in [-0.25, -0.2) is 0 Å². The summed E-state index contributed by atoms with van der Waals surface area (Å²) < 4.78 is 0. The molecule has 0 aromatic heterocycles. The van der Waals surface area contributed by atoms with E-state index in [0.29, 0.717) is 5.70 Å². The molecule has 0 aliphatic carbocycles. The highest BCUT2D eigenvalue weighted by molar-refractivity contribution is 8.01. The van der Waals surface area contributed by atoms with Crippen LogP contribution in [0.5, 0.6) is 0 Å². The van der Waals surface area contributed by atoms with Gasteiger partial charge in [-0.3, -0.25) is 9.59 Å². The number of para-hydroxylation sites is 1. The number of hydrogen-bond acceptors (Lipinski definition) is 5. The Morgan fingerprint density at radius 3 is 2.28 bits per heavy atom. The maximum absolute atomic E-state index is 12.6. The van der Waals surface area contributed by atoms with Gasteiger partial charge in [0.2, 0.25) is 0 Å². The summed E-state index contributed by atoms with van der Waals surface area (Å²) in [5.41, 5.74) is 0.0690. The van der Waals surface area contributed by atoms with Crippen LogP contribution in [0.25, 0.3) is 0 Å². The molecule has 1 aliphatic heterocycles. The first-order valence-corrected chi connectivity index (χ1v) is 9.22. The van der Waals surface area contributed by atoms with E-state index in [4.69, 9.17) is 0 Å². The summed E-state index contributed by atoms with van der Waals surface area (Å²) in [5, 5.41) is 14.4. The molecule has 0 spiro atoms. The van der Waals surface area contributed by atoms with Gasteiger partial charge < -0.3 is 10.4 Å². The predicted molar refractivity (Wildman–Crippen MR) is 102 cm³/mol. The number of benzene rings is 1.